The lowest BCUT2D eigenvalue weighted by atomic mass is 10.1. The van der Waals surface area contributed by atoms with Crippen LogP contribution in [-0.2, 0) is 4.74 Å². The number of nitro benzene ring substituents is 1. The second-order valence-corrected chi connectivity index (χ2v) is 3.72. The van der Waals surface area contributed by atoms with Crippen molar-refractivity contribution in [1.82, 2.24) is 0 Å². The van der Waals surface area contributed by atoms with Crippen LogP contribution in [-0.4, -0.2) is 35.8 Å². The van der Waals surface area contributed by atoms with Gasteiger partial charge in [-0.1, -0.05) is 0 Å². The SMILES string of the molecule is COC(C)CNc1cc([N+](=O)[O-])ccc1C(=O)O. The average Bonchev–Trinajstić information content (AvgIpc) is 2.35. The number of methoxy groups -OCH3 is 1. The third-order valence-electron chi connectivity index (χ3n) is 2.43. The van der Waals surface area contributed by atoms with E-state index in [2.05, 4.69) is 5.32 Å². The number of benzene rings is 1. The molecule has 1 unspecified atom stereocenters. The third kappa shape index (κ3) is 3.42. The van der Waals surface area contributed by atoms with Crippen molar-refractivity contribution in [2.45, 2.75) is 13.0 Å². The summed E-state index contributed by atoms with van der Waals surface area (Å²) in [7, 11) is 1.53. The van der Waals surface area contributed by atoms with Gasteiger partial charge in [-0.05, 0) is 13.0 Å². The Labute approximate surface area is 104 Å². The molecule has 0 spiro atoms. The van der Waals surface area contributed by atoms with Crippen molar-refractivity contribution < 1.29 is 19.6 Å². The first-order valence-electron chi connectivity index (χ1n) is 5.24. The van der Waals surface area contributed by atoms with Crippen molar-refractivity contribution in [3.63, 3.8) is 0 Å². The molecule has 7 nitrogen and oxygen atoms in total. The molecular weight excluding hydrogens is 240 g/mol. The molecule has 0 saturated carbocycles. The first-order valence-corrected chi connectivity index (χ1v) is 5.24. The van der Waals surface area contributed by atoms with Crippen LogP contribution in [0.1, 0.15) is 17.3 Å². The molecule has 0 aromatic heterocycles. The highest BCUT2D eigenvalue weighted by atomic mass is 16.6. The highest BCUT2D eigenvalue weighted by Crippen LogP contribution is 2.22. The summed E-state index contributed by atoms with van der Waals surface area (Å²) in [6.45, 7) is 2.16. The number of ether oxygens (including phenoxy) is 1. The van der Waals surface area contributed by atoms with Gasteiger partial charge >= 0.3 is 5.97 Å². The summed E-state index contributed by atoms with van der Waals surface area (Å²) in [5.41, 5.74) is 0.0390. The molecule has 98 valence electrons. The van der Waals surface area contributed by atoms with Crippen molar-refractivity contribution in [2.24, 2.45) is 0 Å². The highest BCUT2D eigenvalue weighted by Gasteiger charge is 2.15. The summed E-state index contributed by atoms with van der Waals surface area (Å²) in [5.74, 6) is -1.14. The van der Waals surface area contributed by atoms with Crippen molar-refractivity contribution >= 4 is 17.3 Å². The van der Waals surface area contributed by atoms with E-state index < -0.39 is 10.9 Å². The molecule has 0 aliphatic heterocycles. The molecule has 1 aromatic carbocycles. The summed E-state index contributed by atoms with van der Waals surface area (Å²) in [5, 5.41) is 22.4. The standard InChI is InChI=1S/C11H14N2O5/c1-7(18-2)6-12-10-5-8(13(16)17)3-4-9(10)11(14)15/h3-5,7,12H,6H2,1-2H3,(H,14,15). The first kappa shape index (κ1) is 13.9. The number of nitrogens with zero attached hydrogens (tertiary/aromatic N) is 1. The Morgan fingerprint density at radius 2 is 2.28 bits per heavy atom. The molecule has 0 aliphatic rings. The molecule has 0 fully saturated rings. The van der Waals surface area contributed by atoms with Gasteiger partial charge < -0.3 is 15.2 Å². The predicted octanol–water partition coefficient (Wildman–Crippen LogP) is 1.74. The van der Waals surface area contributed by atoms with Gasteiger partial charge in [0, 0.05) is 25.8 Å². The molecule has 1 atom stereocenters. The number of aromatic carboxylic acids is 1. The van der Waals surface area contributed by atoms with Gasteiger partial charge in [0.2, 0.25) is 0 Å². The number of hydrogen-bond donors (Lipinski definition) is 2. The van der Waals surface area contributed by atoms with Crippen LogP contribution < -0.4 is 5.32 Å². The van der Waals surface area contributed by atoms with E-state index in [1.165, 1.54) is 19.2 Å². The molecule has 0 heterocycles. The maximum Gasteiger partial charge on any atom is 0.337 e. The maximum absolute atomic E-state index is 11.0. The van der Waals surface area contributed by atoms with E-state index in [9.17, 15) is 14.9 Å². The summed E-state index contributed by atoms with van der Waals surface area (Å²) in [6.07, 6.45) is -0.133. The fraction of sp³-hybridized carbons (Fsp3) is 0.364. The van der Waals surface area contributed by atoms with Crippen molar-refractivity contribution in [2.75, 3.05) is 19.0 Å². The molecule has 1 rings (SSSR count). The highest BCUT2D eigenvalue weighted by molar-refractivity contribution is 5.94. The smallest absolute Gasteiger partial charge is 0.337 e. The van der Waals surface area contributed by atoms with E-state index in [4.69, 9.17) is 9.84 Å². The van der Waals surface area contributed by atoms with Crippen molar-refractivity contribution in [3.05, 3.63) is 33.9 Å². The Balaban J connectivity index is 3.00. The van der Waals surface area contributed by atoms with E-state index in [0.29, 0.717) is 6.54 Å². The van der Waals surface area contributed by atoms with Gasteiger partial charge in [0.05, 0.1) is 22.3 Å². The summed E-state index contributed by atoms with van der Waals surface area (Å²) in [6, 6.07) is 3.57. The van der Waals surface area contributed by atoms with E-state index in [1.807, 2.05) is 0 Å². The molecule has 2 N–H and O–H groups in total. The minimum absolute atomic E-state index is 0.0103. The van der Waals surface area contributed by atoms with Crippen LogP contribution in [0.4, 0.5) is 11.4 Å². The van der Waals surface area contributed by atoms with Crippen LogP contribution >= 0.6 is 0 Å². The third-order valence-corrected chi connectivity index (χ3v) is 2.43. The zero-order chi connectivity index (χ0) is 13.7. The average molecular weight is 254 g/mol. The largest absolute Gasteiger partial charge is 0.478 e. The number of carboxylic acid groups (broad SMARTS) is 1. The monoisotopic (exact) mass is 254 g/mol. The minimum atomic E-state index is -1.14. The summed E-state index contributed by atoms with van der Waals surface area (Å²) in [4.78, 5) is 21.0. The summed E-state index contributed by atoms with van der Waals surface area (Å²) >= 11 is 0. The van der Waals surface area contributed by atoms with E-state index in [0.717, 1.165) is 6.07 Å². The van der Waals surface area contributed by atoms with Gasteiger partial charge in [-0.25, -0.2) is 4.79 Å². The molecule has 0 radical (unpaired) electrons. The number of anilines is 1. The molecule has 0 saturated heterocycles. The Kier molecular flexibility index (Phi) is 4.61. The number of carboxylic acids is 1. The molecular formula is C11H14N2O5. The van der Waals surface area contributed by atoms with Crippen LogP contribution in [0.15, 0.2) is 18.2 Å². The van der Waals surface area contributed by atoms with E-state index >= 15 is 0 Å². The quantitative estimate of drug-likeness (QED) is 0.592. The number of nitrogens with one attached hydrogen (secondary N) is 1. The molecule has 0 amide bonds. The van der Waals surface area contributed by atoms with E-state index in [-0.39, 0.29) is 23.0 Å². The maximum atomic E-state index is 11.0. The van der Waals surface area contributed by atoms with Gasteiger partial charge in [0.1, 0.15) is 0 Å². The van der Waals surface area contributed by atoms with Gasteiger partial charge in [0.25, 0.3) is 5.69 Å². The number of carbonyl (C=O) groups is 1. The number of non-ortho nitro benzene ring substituents is 1. The molecule has 18 heavy (non-hydrogen) atoms. The van der Waals surface area contributed by atoms with Gasteiger partial charge in [-0.15, -0.1) is 0 Å². The predicted molar refractivity (Wildman–Crippen MR) is 65.0 cm³/mol. The Bertz CT molecular complexity index is 461. The molecule has 7 heteroatoms. The van der Waals surface area contributed by atoms with Crippen LogP contribution in [0, 0.1) is 10.1 Å². The Hall–Kier alpha value is -2.15. The van der Waals surface area contributed by atoms with Crippen molar-refractivity contribution in [3.8, 4) is 0 Å². The van der Waals surface area contributed by atoms with Crippen LogP contribution in [0.25, 0.3) is 0 Å². The molecule has 0 aliphatic carbocycles. The zero-order valence-corrected chi connectivity index (χ0v) is 10.0. The topological polar surface area (TPSA) is 102 Å². The normalized spacial score (nSPS) is 11.9. The number of rotatable bonds is 6. The van der Waals surface area contributed by atoms with Crippen molar-refractivity contribution in [1.29, 1.82) is 0 Å². The van der Waals surface area contributed by atoms with Gasteiger partial charge in [-0.3, -0.25) is 10.1 Å². The molecule has 1 aromatic rings. The second-order valence-electron chi connectivity index (χ2n) is 3.72. The fourth-order valence-electron chi connectivity index (χ4n) is 1.32. The Morgan fingerprint density at radius 1 is 1.61 bits per heavy atom. The fourth-order valence-corrected chi connectivity index (χ4v) is 1.32. The van der Waals surface area contributed by atoms with Crippen LogP contribution in [0.5, 0.6) is 0 Å². The second kappa shape index (κ2) is 5.97. The van der Waals surface area contributed by atoms with Crippen LogP contribution in [0.3, 0.4) is 0 Å². The molecule has 0 bridgehead atoms. The summed E-state index contributed by atoms with van der Waals surface area (Å²) < 4.78 is 5.01. The number of nitro groups is 1. The van der Waals surface area contributed by atoms with Gasteiger partial charge in [-0.2, -0.15) is 0 Å². The first-order chi connectivity index (χ1) is 8.45. The zero-order valence-electron chi connectivity index (χ0n) is 10.0. The van der Waals surface area contributed by atoms with E-state index in [1.54, 1.807) is 6.92 Å². The van der Waals surface area contributed by atoms with Crippen LogP contribution in [0.2, 0.25) is 0 Å². The van der Waals surface area contributed by atoms with Gasteiger partial charge in [0.15, 0.2) is 0 Å². The lowest BCUT2D eigenvalue weighted by Crippen LogP contribution is -2.19. The number of hydrogen-bond acceptors (Lipinski definition) is 5. The Morgan fingerprint density at radius 3 is 2.78 bits per heavy atom. The minimum Gasteiger partial charge on any atom is -0.478 e. The lowest BCUT2D eigenvalue weighted by Gasteiger charge is -2.13. The lowest BCUT2D eigenvalue weighted by molar-refractivity contribution is -0.384.